The maximum absolute atomic E-state index is 3.72. The van der Waals surface area contributed by atoms with Crippen LogP contribution < -0.4 is 5.32 Å². The van der Waals surface area contributed by atoms with Crippen molar-refractivity contribution in [3.8, 4) is 0 Å². The highest BCUT2D eigenvalue weighted by atomic mass is 15.3. The predicted octanol–water partition coefficient (Wildman–Crippen LogP) is 1.93. The van der Waals surface area contributed by atoms with Crippen molar-refractivity contribution in [3.63, 3.8) is 0 Å². The first kappa shape index (κ1) is 14.3. The van der Waals surface area contributed by atoms with Crippen LogP contribution in [0.4, 0.5) is 0 Å². The van der Waals surface area contributed by atoms with Gasteiger partial charge in [-0.2, -0.15) is 0 Å². The van der Waals surface area contributed by atoms with Crippen molar-refractivity contribution >= 4 is 0 Å². The molecule has 106 valence electrons. The Kier molecular flexibility index (Phi) is 4.68. The Bertz CT molecular complexity index is 268. The standard InChI is InChI=1S/C15H31N3/c1-5-15(3)12-18(13(2)10-16-15)11-14-8-6-7-9-17(14)4/h13-14,16H,5-12H2,1-4H3. The molecule has 0 bridgehead atoms. The quantitative estimate of drug-likeness (QED) is 0.829. The first-order valence-corrected chi connectivity index (χ1v) is 7.73. The highest BCUT2D eigenvalue weighted by Crippen LogP contribution is 2.22. The zero-order chi connectivity index (χ0) is 13.2. The number of piperazine rings is 1. The summed E-state index contributed by atoms with van der Waals surface area (Å²) in [6.07, 6.45) is 5.41. The fourth-order valence-corrected chi connectivity index (χ4v) is 3.31. The number of nitrogens with one attached hydrogen (secondary N) is 1. The van der Waals surface area contributed by atoms with Crippen molar-refractivity contribution in [1.82, 2.24) is 15.1 Å². The van der Waals surface area contributed by atoms with Gasteiger partial charge in [0.05, 0.1) is 0 Å². The highest BCUT2D eigenvalue weighted by Gasteiger charge is 2.34. The van der Waals surface area contributed by atoms with Crippen LogP contribution in [0.15, 0.2) is 0 Å². The fourth-order valence-electron chi connectivity index (χ4n) is 3.31. The third kappa shape index (κ3) is 3.25. The van der Waals surface area contributed by atoms with Gasteiger partial charge in [0.2, 0.25) is 0 Å². The topological polar surface area (TPSA) is 18.5 Å². The molecule has 1 N–H and O–H groups in total. The van der Waals surface area contributed by atoms with E-state index in [0.29, 0.717) is 11.6 Å². The van der Waals surface area contributed by atoms with Crippen molar-refractivity contribution in [1.29, 1.82) is 0 Å². The Labute approximate surface area is 113 Å². The highest BCUT2D eigenvalue weighted by molar-refractivity contribution is 4.94. The third-order valence-electron chi connectivity index (χ3n) is 5.15. The minimum Gasteiger partial charge on any atom is -0.309 e. The van der Waals surface area contributed by atoms with E-state index in [1.165, 1.54) is 45.3 Å². The Hall–Kier alpha value is -0.120. The number of nitrogens with zero attached hydrogens (tertiary/aromatic N) is 2. The molecule has 0 amide bonds. The molecule has 2 aliphatic rings. The normalized spacial score (nSPS) is 40.0. The van der Waals surface area contributed by atoms with Gasteiger partial charge in [0, 0.05) is 37.3 Å². The van der Waals surface area contributed by atoms with Crippen LogP contribution in [-0.4, -0.2) is 60.6 Å². The molecule has 2 saturated heterocycles. The monoisotopic (exact) mass is 253 g/mol. The van der Waals surface area contributed by atoms with Crippen molar-refractivity contribution in [2.24, 2.45) is 0 Å². The van der Waals surface area contributed by atoms with E-state index in [4.69, 9.17) is 0 Å². The lowest BCUT2D eigenvalue weighted by atomic mass is 9.92. The van der Waals surface area contributed by atoms with Gasteiger partial charge in [-0.25, -0.2) is 0 Å². The summed E-state index contributed by atoms with van der Waals surface area (Å²) in [4.78, 5) is 5.29. The fraction of sp³-hybridized carbons (Fsp3) is 1.00. The average molecular weight is 253 g/mol. The lowest BCUT2D eigenvalue weighted by molar-refractivity contribution is 0.0529. The van der Waals surface area contributed by atoms with Crippen LogP contribution >= 0.6 is 0 Å². The first-order chi connectivity index (χ1) is 8.54. The van der Waals surface area contributed by atoms with Crippen LogP contribution in [0.25, 0.3) is 0 Å². The van der Waals surface area contributed by atoms with E-state index in [0.717, 1.165) is 12.6 Å². The second-order valence-corrected chi connectivity index (χ2v) is 6.70. The van der Waals surface area contributed by atoms with E-state index in [9.17, 15) is 0 Å². The number of likely N-dealkylation sites (tertiary alicyclic amines) is 1. The Morgan fingerprint density at radius 1 is 1.33 bits per heavy atom. The summed E-state index contributed by atoms with van der Waals surface area (Å²) >= 11 is 0. The summed E-state index contributed by atoms with van der Waals surface area (Å²) in [5.74, 6) is 0. The van der Waals surface area contributed by atoms with Gasteiger partial charge in [-0.1, -0.05) is 13.3 Å². The Morgan fingerprint density at radius 2 is 2.11 bits per heavy atom. The molecule has 2 aliphatic heterocycles. The maximum atomic E-state index is 3.72. The van der Waals surface area contributed by atoms with Gasteiger partial charge in [-0.3, -0.25) is 4.90 Å². The molecule has 0 aromatic heterocycles. The van der Waals surface area contributed by atoms with Gasteiger partial charge in [-0.15, -0.1) is 0 Å². The number of hydrogen-bond donors (Lipinski definition) is 1. The molecule has 0 radical (unpaired) electrons. The van der Waals surface area contributed by atoms with Crippen LogP contribution in [0, 0.1) is 0 Å². The summed E-state index contributed by atoms with van der Waals surface area (Å²) in [7, 11) is 2.30. The van der Waals surface area contributed by atoms with Crippen molar-refractivity contribution < 1.29 is 0 Å². The van der Waals surface area contributed by atoms with Gasteiger partial charge in [0.15, 0.2) is 0 Å². The SMILES string of the molecule is CCC1(C)CN(CC2CCCCN2C)C(C)CN1. The van der Waals surface area contributed by atoms with Crippen LogP contribution in [0.3, 0.4) is 0 Å². The Morgan fingerprint density at radius 3 is 2.78 bits per heavy atom. The van der Waals surface area contributed by atoms with Crippen molar-refractivity contribution in [2.75, 3.05) is 33.2 Å². The minimum absolute atomic E-state index is 0.319. The predicted molar refractivity (Wildman–Crippen MR) is 78.0 cm³/mol. The molecule has 0 aromatic rings. The molecule has 2 fully saturated rings. The van der Waals surface area contributed by atoms with E-state index in [-0.39, 0.29) is 0 Å². The summed E-state index contributed by atoms with van der Waals surface area (Å²) in [6.45, 7) is 11.9. The van der Waals surface area contributed by atoms with Crippen LogP contribution in [0.1, 0.15) is 46.5 Å². The average Bonchev–Trinajstić information content (AvgIpc) is 2.37. The molecule has 2 rings (SSSR count). The summed E-state index contributed by atoms with van der Waals surface area (Å²) in [6, 6.07) is 1.46. The molecule has 0 saturated carbocycles. The van der Waals surface area contributed by atoms with Gasteiger partial charge >= 0.3 is 0 Å². The summed E-state index contributed by atoms with van der Waals surface area (Å²) in [5.41, 5.74) is 0.319. The number of rotatable bonds is 3. The van der Waals surface area contributed by atoms with Gasteiger partial charge in [0.1, 0.15) is 0 Å². The van der Waals surface area contributed by atoms with E-state index in [1.54, 1.807) is 0 Å². The van der Waals surface area contributed by atoms with E-state index >= 15 is 0 Å². The second kappa shape index (κ2) is 5.89. The van der Waals surface area contributed by atoms with Gasteiger partial charge in [-0.05, 0) is 46.7 Å². The van der Waals surface area contributed by atoms with E-state index in [2.05, 4.69) is 42.9 Å². The smallest absolute Gasteiger partial charge is 0.0278 e. The largest absolute Gasteiger partial charge is 0.309 e. The first-order valence-electron chi connectivity index (χ1n) is 7.73. The molecule has 0 aliphatic carbocycles. The van der Waals surface area contributed by atoms with Crippen molar-refractivity contribution in [2.45, 2.75) is 64.1 Å². The molecule has 0 aromatic carbocycles. The summed E-state index contributed by atoms with van der Waals surface area (Å²) < 4.78 is 0. The van der Waals surface area contributed by atoms with Gasteiger partial charge in [0.25, 0.3) is 0 Å². The van der Waals surface area contributed by atoms with Crippen LogP contribution in [0.5, 0.6) is 0 Å². The number of piperidine rings is 1. The molecular formula is C15H31N3. The second-order valence-electron chi connectivity index (χ2n) is 6.70. The maximum Gasteiger partial charge on any atom is 0.0278 e. The molecule has 3 unspecified atom stereocenters. The lowest BCUT2D eigenvalue weighted by Crippen LogP contribution is -2.63. The lowest BCUT2D eigenvalue weighted by Gasteiger charge is -2.47. The molecule has 3 atom stereocenters. The molecule has 3 nitrogen and oxygen atoms in total. The van der Waals surface area contributed by atoms with Crippen molar-refractivity contribution in [3.05, 3.63) is 0 Å². The Balaban J connectivity index is 1.93. The number of likely N-dealkylation sites (N-methyl/N-ethyl adjacent to an activating group) is 1. The third-order valence-corrected chi connectivity index (χ3v) is 5.15. The molecule has 3 heteroatoms. The number of hydrogen-bond acceptors (Lipinski definition) is 3. The summed E-state index contributed by atoms with van der Waals surface area (Å²) in [5, 5.41) is 3.72. The molecule has 18 heavy (non-hydrogen) atoms. The van der Waals surface area contributed by atoms with Crippen LogP contribution in [0.2, 0.25) is 0 Å². The minimum atomic E-state index is 0.319. The molecule has 0 spiro atoms. The zero-order valence-electron chi connectivity index (χ0n) is 12.7. The van der Waals surface area contributed by atoms with Gasteiger partial charge < -0.3 is 10.2 Å². The van der Waals surface area contributed by atoms with Crippen LogP contribution in [-0.2, 0) is 0 Å². The van der Waals surface area contributed by atoms with E-state index < -0.39 is 0 Å². The van der Waals surface area contributed by atoms with E-state index in [1.807, 2.05) is 0 Å². The zero-order valence-corrected chi connectivity index (χ0v) is 12.7. The molecular weight excluding hydrogens is 222 g/mol. The molecule has 2 heterocycles.